The summed E-state index contributed by atoms with van der Waals surface area (Å²) in [5.41, 5.74) is -0.240. The molecule has 0 aliphatic rings. The van der Waals surface area contributed by atoms with Crippen molar-refractivity contribution in [2.75, 3.05) is 13.7 Å². The summed E-state index contributed by atoms with van der Waals surface area (Å²) in [5.74, 6) is -1.29. The van der Waals surface area contributed by atoms with Gasteiger partial charge in [0.05, 0.1) is 6.61 Å². The lowest BCUT2D eigenvalue weighted by Crippen LogP contribution is -2.48. The molecular formula is C15H21NO6. The quantitative estimate of drug-likeness (QED) is 0.781. The van der Waals surface area contributed by atoms with E-state index in [2.05, 4.69) is 0 Å². The van der Waals surface area contributed by atoms with Gasteiger partial charge < -0.3 is 14.6 Å². The monoisotopic (exact) mass is 311 g/mol. The molecule has 2 N–H and O–H groups in total. The van der Waals surface area contributed by atoms with Crippen molar-refractivity contribution >= 4 is 12.1 Å². The van der Waals surface area contributed by atoms with Crippen molar-refractivity contribution in [1.82, 2.24) is 5.48 Å². The van der Waals surface area contributed by atoms with Crippen molar-refractivity contribution in [3.8, 4) is 0 Å². The van der Waals surface area contributed by atoms with E-state index in [1.54, 1.807) is 51.1 Å². The van der Waals surface area contributed by atoms with Crippen molar-refractivity contribution in [3.05, 3.63) is 35.9 Å². The predicted octanol–water partition coefficient (Wildman–Crippen LogP) is 2.07. The summed E-state index contributed by atoms with van der Waals surface area (Å²) in [6, 6.07) is 8.22. The number of carboxylic acids is 1. The number of hydroxylamine groups is 1. The summed E-state index contributed by atoms with van der Waals surface area (Å²) in [5, 5.41) is 9.56. The van der Waals surface area contributed by atoms with E-state index in [0.29, 0.717) is 5.56 Å². The number of aliphatic carboxylic acids is 1. The zero-order valence-corrected chi connectivity index (χ0v) is 13.1. The highest BCUT2D eigenvalue weighted by Crippen LogP contribution is 2.26. The fourth-order valence-electron chi connectivity index (χ4n) is 1.74. The number of methoxy groups -OCH3 is 1. The fourth-order valence-corrected chi connectivity index (χ4v) is 1.74. The summed E-state index contributed by atoms with van der Waals surface area (Å²) in [6.07, 6.45) is -0.884. The van der Waals surface area contributed by atoms with Gasteiger partial charge in [-0.25, -0.2) is 14.4 Å². The van der Waals surface area contributed by atoms with Gasteiger partial charge in [0, 0.05) is 12.7 Å². The minimum Gasteiger partial charge on any atom is -0.479 e. The number of amides is 1. The molecule has 1 atom stereocenters. The Labute approximate surface area is 129 Å². The molecule has 7 nitrogen and oxygen atoms in total. The third-order valence-corrected chi connectivity index (χ3v) is 2.64. The van der Waals surface area contributed by atoms with Crippen LogP contribution in [0.25, 0.3) is 0 Å². The lowest BCUT2D eigenvalue weighted by molar-refractivity contribution is -0.188. The standard InChI is InChI=1S/C15H21NO6/c1-14(2,3)21-13(19)16-22-15(10-20-4,12(17)18)11-8-6-5-7-9-11/h5-9H,10H2,1-4H3,(H,16,19)(H,17,18)/t15-/m0/s1. The summed E-state index contributed by atoms with van der Waals surface area (Å²) in [6.45, 7) is 4.76. The van der Waals surface area contributed by atoms with Gasteiger partial charge in [-0.05, 0) is 20.8 Å². The summed E-state index contributed by atoms with van der Waals surface area (Å²) in [7, 11) is 1.34. The normalized spacial score (nSPS) is 14.0. The Bertz CT molecular complexity index is 511. The van der Waals surface area contributed by atoms with Crippen LogP contribution in [0.1, 0.15) is 26.3 Å². The molecule has 1 rings (SSSR count). The van der Waals surface area contributed by atoms with E-state index in [-0.39, 0.29) is 6.61 Å². The van der Waals surface area contributed by atoms with Crippen LogP contribution in [0.3, 0.4) is 0 Å². The van der Waals surface area contributed by atoms with Crippen LogP contribution in [-0.4, -0.2) is 36.5 Å². The number of nitrogens with one attached hydrogen (secondary N) is 1. The largest absolute Gasteiger partial charge is 0.479 e. The molecular weight excluding hydrogens is 290 g/mol. The number of hydrogen-bond donors (Lipinski definition) is 2. The average molecular weight is 311 g/mol. The summed E-state index contributed by atoms with van der Waals surface area (Å²) in [4.78, 5) is 28.6. The number of benzene rings is 1. The lowest BCUT2D eigenvalue weighted by atomic mass is 9.95. The molecule has 7 heteroatoms. The van der Waals surface area contributed by atoms with Gasteiger partial charge in [0.25, 0.3) is 0 Å². The number of carbonyl (C=O) groups is 2. The number of carboxylic acid groups (broad SMARTS) is 1. The van der Waals surface area contributed by atoms with E-state index >= 15 is 0 Å². The van der Waals surface area contributed by atoms with E-state index in [9.17, 15) is 14.7 Å². The number of rotatable bonds is 6. The highest BCUT2D eigenvalue weighted by molar-refractivity contribution is 5.80. The second kappa shape index (κ2) is 7.24. The van der Waals surface area contributed by atoms with E-state index < -0.39 is 23.3 Å². The molecule has 0 saturated carbocycles. The average Bonchev–Trinajstić information content (AvgIpc) is 2.42. The van der Waals surface area contributed by atoms with E-state index in [1.165, 1.54) is 7.11 Å². The first kappa shape index (κ1) is 17.9. The SMILES string of the molecule is COC[C@@](ONC(=O)OC(C)(C)C)(C(=O)O)c1ccccc1. The highest BCUT2D eigenvalue weighted by Gasteiger charge is 2.44. The van der Waals surface area contributed by atoms with Crippen LogP contribution in [0.5, 0.6) is 0 Å². The minimum atomic E-state index is -1.87. The molecule has 0 spiro atoms. The Morgan fingerprint density at radius 1 is 1.18 bits per heavy atom. The van der Waals surface area contributed by atoms with E-state index in [4.69, 9.17) is 14.3 Å². The molecule has 0 unspecified atom stereocenters. The lowest BCUT2D eigenvalue weighted by Gasteiger charge is -2.29. The van der Waals surface area contributed by atoms with Crippen LogP contribution in [0, 0.1) is 0 Å². The third-order valence-electron chi connectivity index (χ3n) is 2.64. The number of ether oxygens (including phenoxy) is 2. The Morgan fingerprint density at radius 3 is 2.23 bits per heavy atom. The highest BCUT2D eigenvalue weighted by atomic mass is 16.7. The Kier molecular flexibility index (Phi) is 5.90. The van der Waals surface area contributed by atoms with Crippen molar-refractivity contribution in [2.45, 2.75) is 32.0 Å². The maximum atomic E-state index is 11.7. The van der Waals surface area contributed by atoms with Gasteiger partial charge in [0.15, 0.2) is 0 Å². The van der Waals surface area contributed by atoms with Gasteiger partial charge in [0.1, 0.15) is 5.60 Å². The molecule has 0 fully saturated rings. The molecule has 0 saturated heterocycles. The first-order valence-corrected chi connectivity index (χ1v) is 6.66. The Hall–Kier alpha value is -2.12. The van der Waals surface area contributed by atoms with E-state index in [1.807, 2.05) is 5.48 Å². The van der Waals surface area contributed by atoms with Gasteiger partial charge in [-0.3, -0.25) is 0 Å². The maximum Gasteiger partial charge on any atom is 0.431 e. The molecule has 0 radical (unpaired) electrons. The first-order valence-electron chi connectivity index (χ1n) is 6.66. The molecule has 22 heavy (non-hydrogen) atoms. The molecule has 0 aromatic heterocycles. The zero-order valence-electron chi connectivity index (χ0n) is 13.1. The molecule has 122 valence electrons. The first-order chi connectivity index (χ1) is 10.2. The molecule has 1 aromatic carbocycles. The van der Waals surface area contributed by atoms with E-state index in [0.717, 1.165) is 0 Å². The van der Waals surface area contributed by atoms with Crippen molar-refractivity contribution in [1.29, 1.82) is 0 Å². The van der Waals surface area contributed by atoms with Gasteiger partial charge in [0.2, 0.25) is 5.60 Å². The molecule has 0 aliphatic carbocycles. The molecule has 1 aromatic rings. The predicted molar refractivity (Wildman–Crippen MR) is 78.1 cm³/mol. The molecule has 0 heterocycles. The van der Waals surface area contributed by atoms with Gasteiger partial charge >= 0.3 is 12.1 Å². The van der Waals surface area contributed by atoms with Crippen molar-refractivity contribution < 1.29 is 29.0 Å². The molecule has 0 aliphatic heterocycles. The van der Waals surface area contributed by atoms with Crippen molar-refractivity contribution in [2.24, 2.45) is 0 Å². The Balaban J connectivity index is 2.97. The van der Waals surface area contributed by atoms with Crippen LogP contribution < -0.4 is 5.48 Å². The third kappa shape index (κ3) is 4.71. The molecule has 1 amide bonds. The maximum absolute atomic E-state index is 11.7. The van der Waals surface area contributed by atoms with Gasteiger partial charge in [-0.2, -0.15) is 5.48 Å². The van der Waals surface area contributed by atoms with Gasteiger partial charge in [-0.1, -0.05) is 30.3 Å². The number of hydrogen-bond acceptors (Lipinski definition) is 5. The van der Waals surface area contributed by atoms with Crippen LogP contribution >= 0.6 is 0 Å². The Morgan fingerprint density at radius 2 is 1.77 bits per heavy atom. The van der Waals surface area contributed by atoms with Crippen LogP contribution in [0.4, 0.5) is 4.79 Å². The topological polar surface area (TPSA) is 94.1 Å². The smallest absolute Gasteiger partial charge is 0.431 e. The minimum absolute atomic E-state index is 0.290. The zero-order chi connectivity index (χ0) is 16.8. The number of carbonyl (C=O) groups excluding carboxylic acids is 1. The second-order valence-electron chi connectivity index (χ2n) is 5.64. The van der Waals surface area contributed by atoms with Crippen molar-refractivity contribution in [3.63, 3.8) is 0 Å². The van der Waals surface area contributed by atoms with Crippen LogP contribution in [0.15, 0.2) is 30.3 Å². The van der Waals surface area contributed by atoms with Gasteiger partial charge in [-0.15, -0.1) is 0 Å². The van der Waals surface area contributed by atoms with Crippen LogP contribution in [0.2, 0.25) is 0 Å². The second-order valence-corrected chi connectivity index (χ2v) is 5.64. The van der Waals surface area contributed by atoms with Crippen LogP contribution in [-0.2, 0) is 24.7 Å². The summed E-state index contributed by atoms with van der Waals surface area (Å²) >= 11 is 0. The summed E-state index contributed by atoms with van der Waals surface area (Å²) < 4.78 is 9.98. The fraction of sp³-hybridized carbons (Fsp3) is 0.467. The molecule has 0 bridgehead atoms.